The first kappa shape index (κ1) is 13.8. The van der Waals surface area contributed by atoms with Gasteiger partial charge in [0.05, 0.1) is 5.69 Å². The fourth-order valence-electron chi connectivity index (χ4n) is 2.82. The quantitative estimate of drug-likeness (QED) is 0.876. The van der Waals surface area contributed by atoms with Gasteiger partial charge in [0.2, 0.25) is 0 Å². The van der Waals surface area contributed by atoms with Crippen molar-refractivity contribution in [2.45, 2.75) is 25.8 Å². The van der Waals surface area contributed by atoms with Gasteiger partial charge in [-0.15, -0.1) is 0 Å². The number of aromatic nitrogens is 1. The molecule has 1 fully saturated rings. The van der Waals surface area contributed by atoms with Crippen LogP contribution in [0.4, 0.5) is 5.69 Å². The molecule has 1 aliphatic heterocycles. The molecule has 0 bridgehead atoms. The van der Waals surface area contributed by atoms with E-state index in [1.165, 1.54) is 19.0 Å². The molecule has 1 N–H and O–H groups in total. The van der Waals surface area contributed by atoms with Gasteiger partial charge in [-0.1, -0.05) is 6.92 Å². The van der Waals surface area contributed by atoms with E-state index in [0.717, 1.165) is 25.3 Å². The van der Waals surface area contributed by atoms with Crippen LogP contribution in [0.15, 0.2) is 18.5 Å². The van der Waals surface area contributed by atoms with Gasteiger partial charge in [0.15, 0.2) is 0 Å². The Kier molecular flexibility index (Phi) is 4.37. The second kappa shape index (κ2) is 6.02. The number of nitrogens with zero attached hydrogens (tertiary/aromatic N) is 3. The zero-order chi connectivity index (χ0) is 13.8. The van der Waals surface area contributed by atoms with Crippen LogP contribution in [-0.4, -0.2) is 53.7 Å². The first-order valence-corrected chi connectivity index (χ1v) is 6.76. The molecule has 1 aliphatic rings. The number of aromatic carboxylic acids is 1. The van der Waals surface area contributed by atoms with Crippen molar-refractivity contribution >= 4 is 11.7 Å². The van der Waals surface area contributed by atoms with Gasteiger partial charge in [0.25, 0.3) is 0 Å². The third-order valence-electron chi connectivity index (χ3n) is 3.83. The molecule has 0 saturated carbocycles. The van der Waals surface area contributed by atoms with Crippen LogP contribution in [0.1, 0.15) is 30.1 Å². The highest BCUT2D eigenvalue weighted by Crippen LogP contribution is 2.22. The molecule has 5 heteroatoms. The lowest BCUT2D eigenvalue weighted by Crippen LogP contribution is -2.39. The molecule has 104 valence electrons. The molecule has 19 heavy (non-hydrogen) atoms. The highest BCUT2D eigenvalue weighted by Gasteiger charge is 2.25. The van der Waals surface area contributed by atoms with Gasteiger partial charge >= 0.3 is 5.97 Å². The summed E-state index contributed by atoms with van der Waals surface area (Å²) in [6.07, 6.45) is 5.48. The van der Waals surface area contributed by atoms with Gasteiger partial charge in [-0.3, -0.25) is 9.88 Å². The maximum absolute atomic E-state index is 11.2. The lowest BCUT2D eigenvalue weighted by atomic mass is 10.1. The highest BCUT2D eigenvalue weighted by molar-refractivity contribution is 5.93. The number of likely N-dealkylation sites (N-methyl/N-ethyl adjacent to an activating group) is 2. The monoisotopic (exact) mass is 263 g/mol. The third kappa shape index (κ3) is 3.04. The molecule has 1 saturated heterocycles. The molecular weight excluding hydrogens is 242 g/mol. The molecule has 2 rings (SSSR count). The smallest absolute Gasteiger partial charge is 0.339 e. The zero-order valence-electron chi connectivity index (χ0n) is 11.5. The molecule has 1 atom stereocenters. The van der Waals surface area contributed by atoms with Gasteiger partial charge in [-0.05, 0) is 32.0 Å². The van der Waals surface area contributed by atoms with E-state index in [-0.39, 0.29) is 5.56 Å². The number of hydrogen-bond acceptors (Lipinski definition) is 4. The number of anilines is 1. The van der Waals surface area contributed by atoms with Gasteiger partial charge in [-0.2, -0.15) is 0 Å². The summed E-state index contributed by atoms with van der Waals surface area (Å²) in [5.74, 6) is -0.922. The summed E-state index contributed by atoms with van der Waals surface area (Å²) in [4.78, 5) is 19.6. The van der Waals surface area contributed by atoms with Gasteiger partial charge in [0.1, 0.15) is 5.56 Å². The summed E-state index contributed by atoms with van der Waals surface area (Å²) < 4.78 is 0. The SMILES string of the molecule is CCN1CCCC1CN(C)c1ccncc1C(=O)O. The van der Waals surface area contributed by atoms with Crippen LogP contribution in [0.25, 0.3) is 0 Å². The minimum Gasteiger partial charge on any atom is -0.478 e. The van der Waals surface area contributed by atoms with Crippen molar-refractivity contribution in [3.8, 4) is 0 Å². The Labute approximate surface area is 113 Å². The van der Waals surface area contributed by atoms with Crippen LogP contribution >= 0.6 is 0 Å². The molecule has 2 heterocycles. The number of carboxylic acids is 1. The predicted molar refractivity (Wildman–Crippen MR) is 74.7 cm³/mol. The number of likely N-dealkylation sites (tertiary alicyclic amines) is 1. The fraction of sp³-hybridized carbons (Fsp3) is 0.571. The predicted octanol–water partition coefficient (Wildman–Crippen LogP) is 1.70. The van der Waals surface area contributed by atoms with Crippen molar-refractivity contribution in [1.82, 2.24) is 9.88 Å². The van der Waals surface area contributed by atoms with Gasteiger partial charge in [-0.25, -0.2) is 4.79 Å². The maximum Gasteiger partial charge on any atom is 0.339 e. The number of carboxylic acid groups (broad SMARTS) is 1. The van der Waals surface area contributed by atoms with Crippen LogP contribution in [0.5, 0.6) is 0 Å². The molecule has 0 radical (unpaired) electrons. The Morgan fingerprint density at radius 2 is 2.42 bits per heavy atom. The van der Waals surface area contributed by atoms with Crippen LogP contribution in [0.2, 0.25) is 0 Å². The Bertz CT molecular complexity index is 450. The Hall–Kier alpha value is -1.62. The minimum absolute atomic E-state index is 0.269. The summed E-state index contributed by atoms with van der Waals surface area (Å²) >= 11 is 0. The van der Waals surface area contributed by atoms with Crippen molar-refractivity contribution in [3.05, 3.63) is 24.0 Å². The molecule has 5 nitrogen and oxygen atoms in total. The number of carbonyl (C=O) groups is 1. The van der Waals surface area contributed by atoms with E-state index in [9.17, 15) is 9.90 Å². The van der Waals surface area contributed by atoms with Crippen molar-refractivity contribution in [2.24, 2.45) is 0 Å². The lowest BCUT2D eigenvalue weighted by molar-refractivity contribution is 0.0697. The molecular formula is C14H21N3O2. The van der Waals surface area contributed by atoms with Crippen molar-refractivity contribution in [2.75, 3.05) is 31.6 Å². The second-order valence-corrected chi connectivity index (χ2v) is 5.00. The van der Waals surface area contributed by atoms with Crippen molar-refractivity contribution in [3.63, 3.8) is 0 Å². The van der Waals surface area contributed by atoms with Crippen LogP contribution in [-0.2, 0) is 0 Å². The summed E-state index contributed by atoms with van der Waals surface area (Å²) in [6, 6.07) is 2.29. The maximum atomic E-state index is 11.2. The first-order valence-electron chi connectivity index (χ1n) is 6.76. The van der Waals surface area contributed by atoms with E-state index in [4.69, 9.17) is 0 Å². The molecule has 1 aromatic heterocycles. The summed E-state index contributed by atoms with van der Waals surface area (Å²) in [6.45, 7) is 5.24. The average molecular weight is 263 g/mol. The lowest BCUT2D eigenvalue weighted by Gasteiger charge is -2.29. The second-order valence-electron chi connectivity index (χ2n) is 5.00. The zero-order valence-corrected chi connectivity index (χ0v) is 11.5. The summed E-state index contributed by atoms with van der Waals surface area (Å²) in [5.41, 5.74) is 1.01. The Balaban J connectivity index is 2.11. The first-order chi connectivity index (χ1) is 9.13. The van der Waals surface area contributed by atoms with Crippen LogP contribution in [0.3, 0.4) is 0 Å². The Morgan fingerprint density at radius 3 is 3.11 bits per heavy atom. The van der Waals surface area contributed by atoms with Crippen molar-refractivity contribution < 1.29 is 9.90 Å². The molecule has 0 amide bonds. The number of pyridine rings is 1. The Morgan fingerprint density at radius 1 is 1.63 bits per heavy atom. The van der Waals surface area contributed by atoms with E-state index in [1.807, 2.05) is 11.9 Å². The van der Waals surface area contributed by atoms with E-state index in [0.29, 0.717) is 6.04 Å². The number of hydrogen-bond donors (Lipinski definition) is 1. The molecule has 1 unspecified atom stereocenters. The molecule has 0 aromatic carbocycles. The van der Waals surface area contributed by atoms with E-state index < -0.39 is 5.97 Å². The standard InChI is InChI=1S/C14H21N3O2/c1-3-17-8-4-5-11(17)10-16(2)13-6-7-15-9-12(13)14(18)19/h6-7,9,11H,3-5,8,10H2,1-2H3,(H,18,19). The average Bonchev–Trinajstić information content (AvgIpc) is 2.85. The summed E-state index contributed by atoms with van der Waals surface area (Å²) in [5, 5.41) is 9.20. The van der Waals surface area contributed by atoms with Crippen molar-refractivity contribution in [1.29, 1.82) is 0 Å². The van der Waals surface area contributed by atoms with E-state index in [1.54, 1.807) is 12.3 Å². The van der Waals surface area contributed by atoms with Gasteiger partial charge < -0.3 is 10.0 Å². The van der Waals surface area contributed by atoms with E-state index >= 15 is 0 Å². The largest absolute Gasteiger partial charge is 0.478 e. The molecule has 0 aliphatic carbocycles. The van der Waals surface area contributed by atoms with E-state index in [2.05, 4.69) is 16.8 Å². The molecule has 1 aromatic rings. The normalized spacial score (nSPS) is 19.6. The number of rotatable bonds is 5. The van der Waals surface area contributed by atoms with Crippen LogP contribution in [0, 0.1) is 0 Å². The highest BCUT2D eigenvalue weighted by atomic mass is 16.4. The third-order valence-corrected chi connectivity index (χ3v) is 3.83. The van der Waals surface area contributed by atoms with Crippen LogP contribution < -0.4 is 4.90 Å². The fourth-order valence-corrected chi connectivity index (χ4v) is 2.82. The minimum atomic E-state index is -0.922. The summed E-state index contributed by atoms with van der Waals surface area (Å²) in [7, 11) is 1.95. The topological polar surface area (TPSA) is 56.7 Å². The van der Waals surface area contributed by atoms with Gasteiger partial charge in [0, 0.05) is 32.0 Å². The molecule has 0 spiro atoms.